The third-order valence-corrected chi connectivity index (χ3v) is 8.53. The Hall–Kier alpha value is -0.433. The maximum absolute atomic E-state index is 11.8. The minimum Gasteiger partial charge on any atom is -0.467 e. The van der Waals surface area contributed by atoms with E-state index >= 15 is 0 Å². The molecule has 0 amide bonds. The first-order valence-corrected chi connectivity index (χ1v) is 9.88. The predicted octanol–water partition coefficient (Wildman–Crippen LogP) is 2.70. The van der Waals surface area contributed by atoms with Crippen LogP contribution in [-0.4, -0.2) is 46.0 Å². The van der Waals surface area contributed by atoms with Crippen LogP contribution in [-0.2, 0) is 23.4 Å². The molecule has 1 heterocycles. The Morgan fingerprint density at radius 2 is 1.80 bits per heavy atom. The van der Waals surface area contributed by atoms with Crippen molar-refractivity contribution in [1.82, 2.24) is 0 Å². The van der Waals surface area contributed by atoms with Crippen molar-refractivity contribution in [2.45, 2.75) is 70.7 Å². The van der Waals surface area contributed by atoms with Crippen LogP contribution in [0.1, 0.15) is 34.6 Å². The lowest BCUT2D eigenvalue weighted by molar-refractivity contribution is -0.168. The third-order valence-electron chi connectivity index (χ3n) is 4.03. The second-order valence-electron chi connectivity index (χ2n) is 7.19. The monoisotopic (exact) mass is 304 g/mol. The van der Waals surface area contributed by atoms with E-state index in [1.54, 1.807) is 13.8 Å². The minimum atomic E-state index is -1.88. The van der Waals surface area contributed by atoms with Crippen LogP contribution in [0.15, 0.2) is 0 Å². The molecule has 1 saturated heterocycles. The molecule has 0 spiro atoms. The number of carbonyl (C=O) groups is 1. The lowest BCUT2D eigenvalue weighted by Gasteiger charge is -2.37. The van der Waals surface area contributed by atoms with Gasteiger partial charge in [-0.15, -0.1) is 0 Å². The first kappa shape index (κ1) is 17.6. The zero-order valence-corrected chi connectivity index (χ0v) is 14.9. The van der Waals surface area contributed by atoms with E-state index in [-0.39, 0.29) is 5.04 Å². The van der Waals surface area contributed by atoms with E-state index in [9.17, 15) is 4.79 Å². The molecule has 0 aliphatic carbocycles. The van der Waals surface area contributed by atoms with E-state index in [2.05, 4.69) is 33.9 Å². The van der Waals surface area contributed by atoms with Gasteiger partial charge in [0.05, 0.1) is 13.7 Å². The zero-order valence-electron chi connectivity index (χ0n) is 13.9. The molecule has 1 aliphatic rings. The minimum absolute atomic E-state index is 0.114. The molecule has 0 aromatic carbocycles. The maximum Gasteiger partial charge on any atom is 0.337 e. The van der Waals surface area contributed by atoms with Crippen LogP contribution in [0.2, 0.25) is 18.1 Å². The fourth-order valence-corrected chi connectivity index (χ4v) is 2.79. The van der Waals surface area contributed by atoms with Gasteiger partial charge in [0.15, 0.2) is 20.2 Å². The molecule has 1 rings (SSSR count). The van der Waals surface area contributed by atoms with Crippen LogP contribution >= 0.6 is 0 Å². The summed E-state index contributed by atoms with van der Waals surface area (Å²) in [7, 11) is -0.531. The molecule has 118 valence electrons. The molecule has 0 saturated carbocycles. The fraction of sp³-hybridized carbons (Fsp3) is 0.929. The Labute approximate surface area is 123 Å². The highest BCUT2D eigenvalue weighted by Crippen LogP contribution is 2.37. The molecular formula is C14H28O5Si. The molecule has 0 unspecified atom stereocenters. The van der Waals surface area contributed by atoms with Gasteiger partial charge in [-0.3, -0.25) is 0 Å². The van der Waals surface area contributed by atoms with Crippen molar-refractivity contribution in [2.75, 3.05) is 13.7 Å². The summed E-state index contributed by atoms with van der Waals surface area (Å²) in [5.41, 5.74) is 0. The summed E-state index contributed by atoms with van der Waals surface area (Å²) in [6.07, 6.45) is -1.15. The van der Waals surface area contributed by atoms with Gasteiger partial charge in [0.1, 0.15) is 6.10 Å². The topological polar surface area (TPSA) is 54.0 Å². The number of hydrogen-bond donors (Lipinski definition) is 0. The lowest BCUT2D eigenvalue weighted by atomic mass is 10.2. The van der Waals surface area contributed by atoms with Crippen molar-refractivity contribution in [3.8, 4) is 0 Å². The van der Waals surface area contributed by atoms with Gasteiger partial charge in [0.2, 0.25) is 0 Å². The molecule has 0 radical (unpaired) electrons. The molecule has 0 aromatic rings. The molecular weight excluding hydrogens is 276 g/mol. The number of methoxy groups -OCH3 is 1. The van der Waals surface area contributed by atoms with Gasteiger partial charge >= 0.3 is 5.97 Å². The number of ether oxygens (including phenoxy) is 3. The van der Waals surface area contributed by atoms with Crippen LogP contribution in [0.25, 0.3) is 0 Å². The van der Waals surface area contributed by atoms with Gasteiger partial charge in [0.25, 0.3) is 0 Å². The maximum atomic E-state index is 11.8. The highest BCUT2D eigenvalue weighted by atomic mass is 28.4. The summed E-state index contributed by atoms with van der Waals surface area (Å²) in [6.45, 7) is 14.8. The highest BCUT2D eigenvalue weighted by molar-refractivity contribution is 6.74. The number of carbonyl (C=O) groups excluding carboxylic acids is 1. The number of esters is 1. The van der Waals surface area contributed by atoms with Crippen molar-refractivity contribution in [1.29, 1.82) is 0 Å². The van der Waals surface area contributed by atoms with E-state index in [1.165, 1.54) is 7.11 Å². The smallest absolute Gasteiger partial charge is 0.337 e. The van der Waals surface area contributed by atoms with Gasteiger partial charge in [-0.05, 0) is 32.0 Å². The van der Waals surface area contributed by atoms with Gasteiger partial charge < -0.3 is 18.6 Å². The molecule has 5 nitrogen and oxygen atoms in total. The first-order chi connectivity index (χ1) is 8.89. The molecule has 0 N–H and O–H groups in total. The third kappa shape index (κ3) is 4.04. The van der Waals surface area contributed by atoms with Crippen molar-refractivity contribution < 1.29 is 23.4 Å². The molecule has 0 aromatic heterocycles. The molecule has 6 heteroatoms. The van der Waals surface area contributed by atoms with Gasteiger partial charge in [0, 0.05) is 0 Å². The lowest BCUT2D eigenvalue weighted by Crippen LogP contribution is -2.45. The Morgan fingerprint density at radius 1 is 1.25 bits per heavy atom. The fourth-order valence-electron chi connectivity index (χ4n) is 1.78. The van der Waals surface area contributed by atoms with Crippen molar-refractivity contribution in [3.05, 3.63) is 0 Å². The van der Waals surface area contributed by atoms with Crippen molar-refractivity contribution >= 4 is 14.3 Å². The Kier molecular flexibility index (Phi) is 5.07. The van der Waals surface area contributed by atoms with Crippen LogP contribution in [0, 0.1) is 0 Å². The summed E-state index contributed by atoms with van der Waals surface area (Å²) in [6, 6.07) is 0. The average Bonchev–Trinajstić information content (AvgIpc) is 2.59. The van der Waals surface area contributed by atoms with Gasteiger partial charge in [-0.25, -0.2) is 4.79 Å². The predicted molar refractivity (Wildman–Crippen MR) is 79.0 cm³/mol. The van der Waals surface area contributed by atoms with E-state index in [0.717, 1.165) is 0 Å². The highest BCUT2D eigenvalue weighted by Gasteiger charge is 2.47. The number of rotatable bonds is 4. The zero-order chi connectivity index (χ0) is 15.8. The summed E-state index contributed by atoms with van der Waals surface area (Å²) in [5, 5.41) is 0.114. The van der Waals surface area contributed by atoms with Crippen LogP contribution in [0.4, 0.5) is 0 Å². The second-order valence-corrected chi connectivity index (χ2v) is 12.0. The van der Waals surface area contributed by atoms with Crippen LogP contribution in [0.5, 0.6) is 0 Å². The SMILES string of the molecule is COC(=O)[C@H]1OC(C)(C)O[C@@H]1CO[Si](C)(C)C(C)(C)C. The summed E-state index contributed by atoms with van der Waals surface area (Å²) in [4.78, 5) is 11.8. The Bertz CT molecular complexity index is 359. The summed E-state index contributed by atoms with van der Waals surface area (Å²) >= 11 is 0. The van der Waals surface area contributed by atoms with Gasteiger partial charge in [-0.1, -0.05) is 20.8 Å². The van der Waals surface area contributed by atoms with E-state index in [4.69, 9.17) is 18.6 Å². The molecule has 20 heavy (non-hydrogen) atoms. The van der Waals surface area contributed by atoms with E-state index < -0.39 is 32.3 Å². The van der Waals surface area contributed by atoms with Crippen LogP contribution in [0.3, 0.4) is 0 Å². The normalized spacial score (nSPS) is 26.6. The molecule has 2 atom stereocenters. The summed E-state index contributed by atoms with van der Waals surface area (Å²) in [5.74, 6) is -1.21. The van der Waals surface area contributed by atoms with Crippen molar-refractivity contribution in [2.24, 2.45) is 0 Å². The van der Waals surface area contributed by atoms with Crippen molar-refractivity contribution in [3.63, 3.8) is 0 Å². The number of hydrogen-bond acceptors (Lipinski definition) is 5. The van der Waals surface area contributed by atoms with Crippen LogP contribution < -0.4 is 0 Å². The van der Waals surface area contributed by atoms with Gasteiger partial charge in [-0.2, -0.15) is 0 Å². The quantitative estimate of drug-likeness (QED) is 0.590. The molecule has 1 aliphatic heterocycles. The largest absolute Gasteiger partial charge is 0.467 e. The molecule has 1 fully saturated rings. The second kappa shape index (κ2) is 5.75. The molecule has 0 bridgehead atoms. The Balaban J connectivity index is 2.73. The van der Waals surface area contributed by atoms with E-state index in [1.807, 2.05) is 0 Å². The first-order valence-electron chi connectivity index (χ1n) is 6.97. The standard InChI is InChI=1S/C14H28O5Si/c1-13(2,3)20(7,8)17-9-10-11(12(15)16-6)19-14(4,5)18-10/h10-11H,9H2,1-8H3/t10-,11+/m1/s1. The van der Waals surface area contributed by atoms with E-state index in [0.29, 0.717) is 6.61 Å². The average molecular weight is 304 g/mol. The Morgan fingerprint density at radius 3 is 2.25 bits per heavy atom. The summed E-state index contributed by atoms with van der Waals surface area (Å²) < 4.78 is 22.3.